The number of aromatic nitrogens is 3. The molecule has 32 heavy (non-hydrogen) atoms. The molecule has 2 aromatic carbocycles. The number of nitrogens with one attached hydrogen (secondary N) is 1. The zero-order valence-corrected chi connectivity index (χ0v) is 18.4. The third-order valence-corrected chi connectivity index (χ3v) is 6.19. The van der Waals surface area contributed by atoms with Gasteiger partial charge >= 0.3 is 0 Å². The Kier molecular flexibility index (Phi) is 5.51. The average molecular weight is 443 g/mol. The van der Waals surface area contributed by atoms with Crippen molar-refractivity contribution in [2.45, 2.75) is 11.4 Å². The van der Waals surface area contributed by atoms with Gasteiger partial charge in [0.05, 0.1) is 6.54 Å². The first kappa shape index (κ1) is 20.1. The van der Waals surface area contributed by atoms with Crippen LogP contribution in [0.15, 0.2) is 89.3 Å². The van der Waals surface area contributed by atoms with Crippen LogP contribution < -0.4 is 5.32 Å². The van der Waals surface area contributed by atoms with Gasteiger partial charge in [-0.3, -0.25) is 9.20 Å². The van der Waals surface area contributed by atoms with Gasteiger partial charge in [0, 0.05) is 76.3 Å². The Morgan fingerprint density at radius 2 is 1.88 bits per heavy atom. The van der Waals surface area contributed by atoms with Crippen LogP contribution in [0.5, 0.6) is 0 Å². The van der Waals surface area contributed by atoms with Crippen molar-refractivity contribution in [2.75, 3.05) is 18.1 Å². The number of nitrogens with zero attached hydrogens (tertiary/aromatic N) is 5. The van der Waals surface area contributed by atoms with Crippen molar-refractivity contribution in [1.29, 1.82) is 0 Å². The average Bonchev–Trinajstić information content (AvgIpc) is 3.24. The van der Waals surface area contributed by atoms with Crippen molar-refractivity contribution in [3.63, 3.8) is 0 Å². The van der Waals surface area contributed by atoms with E-state index in [4.69, 9.17) is 4.98 Å². The molecule has 1 aliphatic rings. The van der Waals surface area contributed by atoms with Crippen LogP contribution in [0.2, 0.25) is 0 Å². The maximum atomic E-state index is 11.7. The standard InChI is InChI=1S/C24H22N6OS/c1-32(31)22-8-6-21(7-9-22)30-13-10-19-16-26-24(28-23(19)30)27-20-4-2-18(3-5-20)17-29-14-11-25-12-15-29/h2-14,16H,15,17H2,1H3,(H,26,27,28). The van der Waals surface area contributed by atoms with Crippen molar-refractivity contribution in [3.8, 4) is 5.69 Å². The zero-order valence-electron chi connectivity index (χ0n) is 17.5. The van der Waals surface area contributed by atoms with Crippen LogP contribution >= 0.6 is 0 Å². The van der Waals surface area contributed by atoms with E-state index in [9.17, 15) is 4.21 Å². The van der Waals surface area contributed by atoms with E-state index < -0.39 is 10.8 Å². The molecule has 1 unspecified atom stereocenters. The molecular formula is C24H22N6OS. The van der Waals surface area contributed by atoms with Gasteiger partial charge in [0.15, 0.2) is 0 Å². The van der Waals surface area contributed by atoms with E-state index in [1.807, 2.05) is 78.0 Å². The highest BCUT2D eigenvalue weighted by molar-refractivity contribution is 7.84. The zero-order chi connectivity index (χ0) is 21.9. The van der Waals surface area contributed by atoms with E-state index in [0.29, 0.717) is 5.95 Å². The second kappa shape index (κ2) is 8.76. The Labute approximate surface area is 188 Å². The van der Waals surface area contributed by atoms with Gasteiger partial charge in [-0.2, -0.15) is 4.98 Å². The smallest absolute Gasteiger partial charge is 0.229 e. The fourth-order valence-electron chi connectivity index (χ4n) is 3.57. The van der Waals surface area contributed by atoms with Crippen molar-refractivity contribution >= 4 is 39.7 Å². The fraction of sp³-hybridized carbons (Fsp3) is 0.125. The highest BCUT2D eigenvalue weighted by Gasteiger charge is 2.09. The number of hydrogen-bond acceptors (Lipinski definition) is 6. The largest absolute Gasteiger partial charge is 0.367 e. The van der Waals surface area contributed by atoms with E-state index in [1.165, 1.54) is 5.56 Å². The van der Waals surface area contributed by atoms with Gasteiger partial charge in [-0.1, -0.05) is 12.1 Å². The van der Waals surface area contributed by atoms with Gasteiger partial charge in [-0.05, 0) is 48.0 Å². The SMILES string of the molecule is CS(=O)c1ccc(-n2ccc3cnc(Nc4ccc(CN5C=CN=CC5)cc4)nc32)cc1. The molecule has 0 spiro atoms. The highest BCUT2D eigenvalue weighted by Crippen LogP contribution is 2.22. The van der Waals surface area contributed by atoms with Crippen LogP contribution in [-0.2, 0) is 17.3 Å². The molecule has 5 rings (SSSR count). The molecule has 0 aliphatic carbocycles. The summed E-state index contributed by atoms with van der Waals surface area (Å²) in [6.07, 6.45) is 11.2. The Morgan fingerprint density at radius 1 is 1.06 bits per heavy atom. The van der Waals surface area contributed by atoms with Crippen LogP contribution in [0.4, 0.5) is 11.6 Å². The second-order valence-corrected chi connectivity index (χ2v) is 8.87. The van der Waals surface area contributed by atoms with Crippen LogP contribution in [0.3, 0.4) is 0 Å². The summed E-state index contributed by atoms with van der Waals surface area (Å²) in [6, 6.07) is 17.9. The first-order valence-electron chi connectivity index (χ1n) is 10.2. The maximum absolute atomic E-state index is 11.7. The molecule has 0 radical (unpaired) electrons. The minimum Gasteiger partial charge on any atom is -0.367 e. The molecule has 0 fully saturated rings. The molecule has 0 saturated carbocycles. The Morgan fingerprint density at radius 3 is 2.59 bits per heavy atom. The van der Waals surface area contributed by atoms with Gasteiger partial charge in [-0.25, -0.2) is 4.98 Å². The number of benzene rings is 2. The molecule has 0 bridgehead atoms. The minimum absolute atomic E-state index is 0.534. The van der Waals surface area contributed by atoms with Crippen molar-refractivity contribution < 1.29 is 4.21 Å². The fourth-order valence-corrected chi connectivity index (χ4v) is 4.09. The molecule has 160 valence electrons. The third-order valence-electron chi connectivity index (χ3n) is 5.25. The predicted octanol–water partition coefficient (Wildman–Crippen LogP) is 4.26. The molecule has 1 aliphatic heterocycles. The lowest BCUT2D eigenvalue weighted by Gasteiger charge is -2.19. The summed E-state index contributed by atoms with van der Waals surface area (Å²) in [5.74, 6) is 0.534. The Balaban J connectivity index is 1.34. The molecule has 7 nitrogen and oxygen atoms in total. The Hall–Kier alpha value is -3.78. The summed E-state index contributed by atoms with van der Waals surface area (Å²) in [4.78, 5) is 16.3. The predicted molar refractivity (Wildman–Crippen MR) is 129 cm³/mol. The number of aliphatic imine (C=N–C) groups is 1. The maximum Gasteiger partial charge on any atom is 0.229 e. The molecular weight excluding hydrogens is 420 g/mol. The van der Waals surface area contributed by atoms with Gasteiger partial charge in [0.2, 0.25) is 5.95 Å². The number of anilines is 2. The minimum atomic E-state index is -0.998. The number of hydrogen-bond donors (Lipinski definition) is 1. The summed E-state index contributed by atoms with van der Waals surface area (Å²) < 4.78 is 13.7. The van der Waals surface area contributed by atoms with Crippen molar-refractivity contribution in [2.24, 2.45) is 4.99 Å². The lowest BCUT2D eigenvalue weighted by Crippen LogP contribution is -2.20. The van der Waals surface area contributed by atoms with Crippen LogP contribution in [-0.4, -0.2) is 42.7 Å². The van der Waals surface area contributed by atoms with E-state index in [2.05, 4.69) is 32.3 Å². The molecule has 4 aromatic rings. The second-order valence-electron chi connectivity index (χ2n) is 7.49. The summed E-state index contributed by atoms with van der Waals surface area (Å²) in [6.45, 7) is 1.66. The molecule has 8 heteroatoms. The molecule has 3 heterocycles. The third kappa shape index (κ3) is 4.31. The van der Waals surface area contributed by atoms with E-state index in [-0.39, 0.29) is 0 Å². The van der Waals surface area contributed by atoms with Gasteiger partial charge in [0.25, 0.3) is 0 Å². The van der Waals surface area contributed by atoms with Gasteiger partial charge in [-0.15, -0.1) is 0 Å². The first-order chi connectivity index (χ1) is 15.7. The molecule has 0 saturated heterocycles. The summed E-state index contributed by atoms with van der Waals surface area (Å²) >= 11 is 0. The monoisotopic (exact) mass is 442 g/mol. The number of rotatable bonds is 6. The van der Waals surface area contributed by atoms with Crippen LogP contribution in [0.25, 0.3) is 16.7 Å². The Bertz CT molecular complexity index is 1330. The van der Waals surface area contributed by atoms with Crippen LogP contribution in [0.1, 0.15) is 5.56 Å². The molecule has 1 atom stereocenters. The van der Waals surface area contributed by atoms with Crippen LogP contribution in [0, 0.1) is 0 Å². The van der Waals surface area contributed by atoms with E-state index in [1.54, 1.807) is 6.26 Å². The highest BCUT2D eigenvalue weighted by atomic mass is 32.2. The summed E-state index contributed by atoms with van der Waals surface area (Å²) in [7, 11) is -0.998. The molecule has 2 aromatic heterocycles. The summed E-state index contributed by atoms with van der Waals surface area (Å²) in [5, 5.41) is 4.25. The summed E-state index contributed by atoms with van der Waals surface area (Å²) in [5.41, 5.74) is 3.91. The number of fused-ring (bicyclic) bond motifs is 1. The van der Waals surface area contributed by atoms with Gasteiger partial charge in [0.1, 0.15) is 5.65 Å². The van der Waals surface area contributed by atoms with Gasteiger partial charge < -0.3 is 14.8 Å². The quantitative estimate of drug-likeness (QED) is 0.483. The van der Waals surface area contributed by atoms with E-state index >= 15 is 0 Å². The topological polar surface area (TPSA) is 75.4 Å². The lowest BCUT2D eigenvalue weighted by molar-refractivity contribution is 0.419. The van der Waals surface area contributed by atoms with Crippen molar-refractivity contribution in [3.05, 3.63) is 85.0 Å². The first-order valence-corrected chi connectivity index (χ1v) is 11.8. The lowest BCUT2D eigenvalue weighted by atomic mass is 10.2. The van der Waals surface area contributed by atoms with Crippen molar-refractivity contribution in [1.82, 2.24) is 19.4 Å². The normalized spacial score (nSPS) is 14.1. The van der Waals surface area contributed by atoms with E-state index in [0.717, 1.165) is 40.4 Å². The molecule has 0 amide bonds. The molecule has 1 N–H and O–H groups in total.